The maximum Gasteiger partial charge on any atom is 0.240 e. The molecular formula is C18H20N2O3S2. The van der Waals surface area contributed by atoms with Gasteiger partial charge in [0, 0.05) is 23.1 Å². The van der Waals surface area contributed by atoms with Crippen LogP contribution in [0.4, 0.5) is 5.69 Å². The van der Waals surface area contributed by atoms with Crippen LogP contribution in [0.1, 0.15) is 24.5 Å². The van der Waals surface area contributed by atoms with Gasteiger partial charge in [-0.25, -0.2) is 13.1 Å². The molecule has 0 bridgehead atoms. The molecular weight excluding hydrogens is 356 g/mol. The van der Waals surface area contributed by atoms with E-state index >= 15 is 0 Å². The summed E-state index contributed by atoms with van der Waals surface area (Å²) in [6, 6.07) is 12.5. The minimum Gasteiger partial charge on any atom is -0.325 e. The van der Waals surface area contributed by atoms with Gasteiger partial charge < -0.3 is 5.32 Å². The third-order valence-corrected chi connectivity index (χ3v) is 6.50. The fourth-order valence-electron chi connectivity index (χ4n) is 2.57. The summed E-state index contributed by atoms with van der Waals surface area (Å²) in [5.74, 6) is -0.0964. The SMILES string of the molecule is Cc1ccc(CNS(=O)(=O)c2ccc3c(c2)NC(=O)C[C@@H](C)S3)cc1. The van der Waals surface area contributed by atoms with E-state index in [1.54, 1.807) is 23.9 Å². The molecule has 0 aromatic heterocycles. The smallest absolute Gasteiger partial charge is 0.240 e. The van der Waals surface area contributed by atoms with Crippen LogP contribution in [0.3, 0.4) is 0 Å². The van der Waals surface area contributed by atoms with E-state index in [4.69, 9.17) is 0 Å². The molecule has 0 unspecified atom stereocenters. The number of hydrogen-bond donors (Lipinski definition) is 2. The van der Waals surface area contributed by atoms with Crippen LogP contribution in [0.5, 0.6) is 0 Å². The lowest BCUT2D eigenvalue weighted by molar-refractivity contribution is -0.116. The van der Waals surface area contributed by atoms with Gasteiger partial charge in [0.25, 0.3) is 0 Å². The fraction of sp³-hybridized carbons (Fsp3) is 0.278. The van der Waals surface area contributed by atoms with Crippen LogP contribution in [-0.4, -0.2) is 19.6 Å². The number of hydrogen-bond acceptors (Lipinski definition) is 4. The first-order valence-electron chi connectivity index (χ1n) is 7.99. The van der Waals surface area contributed by atoms with Crippen molar-refractivity contribution in [3.05, 3.63) is 53.6 Å². The molecule has 2 aromatic carbocycles. The number of anilines is 1. The predicted molar refractivity (Wildman–Crippen MR) is 100 cm³/mol. The van der Waals surface area contributed by atoms with E-state index < -0.39 is 10.0 Å². The number of benzene rings is 2. The van der Waals surface area contributed by atoms with E-state index in [0.717, 1.165) is 16.0 Å². The lowest BCUT2D eigenvalue weighted by Gasteiger charge is -2.11. The topological polar surface area (TPSA) is 75.3 Å². The monoisotopic (exact) mass is 376 g/mol. The van der Waals surface area contributed by atoms with E-state index in [-0.39, 0.29) is 22.6 Å². The van der Waals surface area contributed by atoms with Crippen molar-refractivity contribution in [1.29, 1.82) is 0 Å². The Kier molecular flexibility index (Phi) is 5.17. The van der Waals surface area contributed by atoms with Gasteiger partial charge in [0.1, 0.15) is 0 Å². The van der Waals surface area contributed by atoms with Crippen LogP contribution >= 0.6 is 11.8 Å². The first-order chi connectivity index (χ1) is 11.8. The average molecular weight is 377 g/mol. The standard InChI is InChI=1S/C18H20N2O3S2/c1-12-3-5-14(6-4-12)11-19-25(22,23)15-7-8-17-16(10-15)20-18(21)9-13(2)24-17/h3-8,10,13,19H,9,11H2,1-2H3,(H,20,21)/t13-/m1/s1. The van der Waals surface area contributed by atoms with Gasteiger partial charge >= 0.3 is 0 Å². The Labute approximate surface area is 152 Å². The lowest BCUT2D eigenvalue weighted by Crippen LogP contribution is -2.23. The summed E-state index contributed by atoms with van der Waals surface area (Å²) in [6.07, 6.45) is 0.410. The minimum atomic E-state index is -3.66. The van der Waals surface area contributed by atoms with Crippen LogP contribution in [-0.2, 0) is 21.4 Å². The first-order valence-corrected chi connectivity index (χ1v) is 10.4. The summed E-state index contributed by atoms with van der Waals surface area (Å²) in [5, 5.41) is 2.95. The van der Waals surface area contributed by atoms with Gasteiger partial charge in [0.15, 0.2) is 0 Å². The third kappa shape index (κ3) is 4.42. The van der Waals surface area contributed by atoms with E-state index in [1.165, 1.54) is 6.07 Å². The van der Waals surface area contributed by atoms with Gasteiger partial charge in [-0.3, -0.25) is 4.79 Å². The molecule has 132 valence electrons. The highest BCUT2D eigenvalue weighted by Crippen LogP contribution is 2.36. The zero-order valence-corrected chi connectivity index (χ0v) is 15.7. The minimum absolute atomic E-state index is 0.0964. The highest BCUT2D eigenvalue weighted by Gasteiger charge is 2.22. The highest BCUT2D eigenvalue weighted by atomic mass is 32.2. The van der Waals surface area contributed by atoms with Crippen molar-refractivity contribution in [3.63, 3.8) is 0 Å². The molecule has 1 amide bonds. The number of sulfonamides is 1. The van der Waals surface area contributed by atoms with Crippen molar-refractivity contribution in [2.45, 2.75) is 41.9 Å². The van der Waals surface area contributed by atoms with Crippen LogP contribution < -0.4 is 10.0 Å². The Bertz CT molecular complexity index is 893. The maximum atomic E-state index is 12.6. The summed E-state index contributed by atoms with van der Waals surface area (Å²) in [6.45, 7) is 4.18. The number of nitrogens with one attached hydrogen (secondary N) is 2. The Morgan fingerprint density at radius 3 is 2.64 bits per heavy atom. The highest BCUT2D eigenvalue weighted by molar-refractivity contribution is 8.00. The second kappa shape index (κ2) is 7.19. The molecule has 0 fully saturated rings. The molecule has 5 nitrogen and oxygen atoms in total. The van der Waals surface area contributed by atoms with Crippen molar-refractivity contribution in [1.82, 2.24) is 4.72 Å². The maximum absolute atomic E-state index is 12.6. The second-order valence-electron chi connectivity index (χ2n) is 6.15. The molecule has 1 aliphatic heterocycles. The zero-order chi connectivity index (χ0) is 18.0. The van der Waals surface area contributed by atoms with Crippen molar-refractivity contribution in [2.75, 3.05) is 5.32 Å². The van der Waals surface area contributed by atoms with Crippen LogP contribution in [0.15, 0.2) is 52.3 Å². The summed E-state index contributed by atoms with van der Waals surface area (Å²) in [4.78, 5) is 12.9. The Morgan fingerprint density at radius 1 is 1.20 bits per heavy atom. The molecule has 2 aromatic rings. The van der Waals surface area contributed by atoms with Gasteiger partial charge in [0.05, 0.1) is 10.6 Å². The van der Waals surface area contributed by atoms with E-state index in [0.29, 0.717) is 12.1 Å². The van der Waals surface area contributed by atoms with E-state index in [1.807, 2.05) is 38.1 Å². The molecule has 0 aliphatic carbocycles. The van der Waals surface area contributed by atoms with Crippen molar-refractivity contribution in [2.24, 2.45) is 0 Å². The first kappa shape index (κ1) is 18.0. The molecule has 3 rings (SSSR count). The fourth-order valence-corrected chi connectivity index (χ4v) is 4.66. The van der Waals surface area contributed by atoms with Crippen molar-refractivity contribution >= 4 is 33.4 Å². The summed E-state index contributed by atoms with van der Waals surface area (Å²) in [7, 11) is -3.66. The molecule has 1 aliphatic rings. The number of aryl methyl sites for hydroxylation is 1. The number of carbonyl (C=O) groups is 1. The predicted octanol–water partition coefficient (Wildman–Crippen LogP) is 3.30. The summed E-state index contributed by atoms with van der Waals surface area (Å²) in [5.41, 5.74) is 2.57. The van der Waals surface area contributed by atoms with Crippen LogP contribution in [0.2, 0.25) is 0 Å². The molecule has 25 heavy (non-hydrogen) atoms. The number of rotatable bonds is 4. The molecule has 7 heteroatoms. The second-order valence-corrected chi connectivity index (χ2v) is 9.40. The normalized spacial score (nSPS) is 17.5. The largest absolute Gasteiger partial charge is 0.325 e. The third-order valence-electron chi connectivity index (χ3n) is 3.92. The van der Waals surface area contributed by atoms with Gasteiger partial charge in [-0.1, -0.05) is 36.8 Å². The number of thioether (sulfide) groups is 1. The lowest BCUT2D eigenvalue weighted by atomic mass is 10.2. The molecule has 0 saturated carbocycles. The van der Waals surface area contributed by atoms with Gasteiger partial charge in [-0.2, -0.15) is 0 Å². The quantitative estimate of drug-likeness (QED) is 0.859. The Balaban J connectivity index is 1.80. The van der Waals surface area contributed by atoms with Gasteiger partial charge in [-0.05, 0) is 30.7 Å². The molecule has 0 radical (unpaired) electrons. The van der Waals surface area contributed by atoms with E-state index in [9.17, 15) is 13.2 Å². The molecule has 0 spiro atoms. The van der Waals surface area contributed by atoms with Gasteiger partial charge in [0.2, 0.25) is 15.9 Å². The van der Waals surface area contributed by atoms with Crippen LogP contribution in [0, 0.1) is 6.92 Å². The Hall–Kier alpha value is -1.83. The summed E-state index contributed by atoms with van der Waals surface area (Å²) < 4.78 is 27.7. The van der Waals surface area contributed by atoms with Crippen molar-refractivity contribution < 1.29 is 13.2 Å². The Morgan fingerprint density at radius 2 is 1.92 bits per heavy atom. The zero-order valence-electron chi connectivity index (χ0n) is 14.1. The number of carbonyl (C=O) groups excluding carboxylic acids is 1. The molecule has 2 N–H and O–H groups in total. The summed E-state index contributed by atoms with van der Waals surface area (Å²) >= 11 is 1.57. The number of amides is 1. The van der Waals surface area contributed by atoms with Crippen molar-refractivity contribution in [3.8, 4) is 0 Å². The van der Waals surface area contributed by atoms with E-state index in [2.05, 4.69) is 10.0 Å². The molecule has 1 atom stereocenters. The number of fused-ring (bicyclic) bond motifs is 1. The van der Waals surface area contributed by atoms with Crippen LogP contribution in [0.25, 0.3) is 0 Å². The molecule has 1 heterocycles. The molecule has 0 saturated heterocycles. The average Bonchev–Trinajstić information content (AvgIpc) is 2.69. The van der Waals surface area contributed by atoms with Gasteiger partial charge in [-0.15, -0.1) is 11.8 Å².